The number of ketones is 1. The Bertz CT molecular complexity index is 1360. The molecule has 0 aliphatic carbocycles. The quantitative estimate of drug-likeness (QED) is 0.162. The third kappa shape index (κ3) is 5.51. The number of rotatable bonds is 10. The second kappa shape index (κ2) is 11.9. The van der Waals surface area contributed by atoms with Crippen molar-refractivity contribution in [1.29, 1.82) is 0 Å². The van der Waals surface area contributed by atoms with Crippen LogP contribution >= 0.6 is 0 Å². The van der Waals surface area contributed by atoms with Gasteiger partial charge in [-0.1, -0.05) is 19.8 Å². The zero-order chi connectivity index (χ0) is 27.2. The van der Waals surface area contributed by atoms with Gasteiger partial charge in [0, 0.05) is 36.1 Å². The van der Waals surface area contributed by atoms with Crippen molar-refractivity contribution < 1.29 is 33.0 Å². The van der Waals surface area contributed by atoms with Crippen LogP contribution in [0.5, 0.6) is 11.5 Å². The molecule has 1 aliphatic heterocycles. The second-order valence-corrected chi connectivity index (χ2v) is 8.87. The number of benzene rings is 2. The number of aliphatic hydroxyl groups is 1. The van der Waals surface area contributed by atoms with Crippen LogP contribution in [0.25, 0.3) is 5.76 Å². The van der Waals surface area contributed by atoms with Gasteiger partial charge in [-0.3, -0.25) is 14.6 Å². The molecule has 1 aliphatic rings. The number of hydrogen-bond acceptors (Lipinski definition) is 6. The molecule has 198 valence electrons. The van der Waals surface area contributed by atoms with E-state index in [2.05, 4.69) is 11.9 Å². The lowest BCUT2D eigenvalue weighted by atomic mass is 9.94. The van der Waals surface area contributed by atoms with Gasteiger partial charge in [0.2, 0.25) is 0 Å². The number of hydrogen-bond donors (Lipinski definition) is 1. The first-order valence-electron chi connectivity index (χ1n) is 12.3. The first kappa shape index (κ1) is 26.8. The minimum Gasteiger partial charge on any atom is -0.507 e. The van der Waals surface area contributed by atoms with Crippen LogP contribution in [0.3, 0.4) is 0 Å². The fourth-order valence-electron chi connectivity index (χ4n) is 4.38. The zero-order valence-electron chi connectivity index (χ0n) is 21.1. The van der Waals surface area contributed by atoms with Crippen molar-refractivity contribution in [3.8, 4) is 11.5 Å². The SMILES string of the molecule is CCCCCOc1ccc([C@H]2C(=C(O)c3ccc(OC)c(F)c3)C(=O)C(=O)N2Cc2ccncc2)c(F)c1. The molecule has 9 heteroatoms. The Kier molecular flexibility index (Phi) is 8.35. The van der Waals surface area contributed by atoms with E-state index in [9.17, 15) is 19.1 Å². The topological polar surface area (TPSA) is 89.0 Å². The largest absolute Gasteiger partial charge is 0.507 e. The fraction of sp³-hybridized carbons (Fsp3) is 0.276. The van der Waals surface area contributed by atoms with Gasteiger partial charge in [0.1, 0.15) is 17.3 Å². The molecule has 38 heavy (non-hydrogen) atoms. The number of aliphatic hydroxyl groups excluding tert-OH is 1. The summed E-state index contributed by atoms with van der Waals surface area (Å²) in [4.78, 5) is 31.5. The Labute approximate surface area is 219 Å². The number of carbonyl (C=O) groups excluding carboxylic acids is 2. The van der Waals surface area contributed by atoms with Crippen LogP contribution in [0.4, 0.5) is 8.78 Å². The van der Waals surface area contributed by atoms with E-state index in [-0.39, 0.29) is 29.0 Å². The van der Waals surface area contributed by atoms with Gasteiger partial charge >= 0.3 is 0 Å². The van der Waals surface area contributed by atoms with Crippen molar-refractivity contribution in [2.75, 3.05) is 13.7 Å². The molecule has 1 fully saturated rings. The molecule has 2 aromatic carbocycles. The van der Waals surface area contributed by atoms with Crippen molar-refractivity contribution in [3.05, 3.63) is 94.8 Å². The third-order valence-electron chi connectivity index (χ3n) is 6.35. The first-order chi connectivity index (χ1) is 18.3. The molecule has 1 amide bonds. The average molecular weight is 523 g/mol. The highest BCUT2D eigenvalue weighted by molar-refractivity contribution is 6.46. The van der Waals surface area contributed by atoms with Crippen molar-refractivity contribution in [2.45, 2.75) is 38.8 Å². The molecule has 0 spiro atoms. The Morgan fingerprint density at radius 1 is 1.03 bits per heavy atom. The maximum Gasteiger partial charge on any atom is 0.295 e. The van der Waals surface area contributed by atoms with Crippen LogP contribution in [0, 0.1) is 11.6 Å². The molecule has 1 aromatic heterocycles. The summed E-state index contributed by atoms with van der Waals surface area (Å²) in [6.07, 6.45) is 5.89. The summed E-state index contributed by atoms with van der Waals surface area (Å²) in [6.45, 7) is 2.45. The Morgan fingerprint density at radius 3 is 2.45 bits per heavy atom. The van der Waals surface area contributed by atoms with Crippen molar-refractivity contribution in [2.24, 2.45) is 0 Å². The number of nitrogens with zero attached hydrogens (tertiary/aromatic N) is 2. The lowest BCUT2D eigenvalue weighted by Crippen LogP contribution is -2.29. The van der Waals surface area contributed by atoms with E-state index in [0.29, 0.717) is 17.9 Å². The second-order valence-electron chi connectivity index (χ2n) is 8.87. The highest BCUT2D eigenvalue weighted by atomic mass is 19.1. The van der Waals surface area contributed by atoms with Crippen molar-refractivity contribution in [3.63, 3.8) is 0 Å². The molecule has 1 atom stereocenters. The molecule has 0 radical (unpaired) electrons. The fourth-order valence-corrected chi connectivity index (χ4v) is 4.38. The number of unbranched alkanes of at least 4 members (excludes halogenated alkanes) is 2. The summed E-state index contributed by atoms with van der Waals surface area (Å²) in [6, 6.07) is 9.89. The van der Waals surface area contributed by atoms with E-state index >= 15 is 4.39 Å². The van der Waals surface area contributed by atoms with Crippen LogP contribution < -0.4 is 9.47 Å². The van der Waals surface area contributed by atoms with Crippen LogP contribution in [0.1, 0.15) is 48.9 Å². The predicted octanol–water partition coefficient (Wildman–Crippen LogP) is 5.56. The summed E-state index contributed by atoms with van der Waals surface area (Å²) in [5.74, 6) is -3.76. The number of methoxy groups -OCH3 is 1. The minimum atomic E-state index is -1.26. The number of halogens is 2. The lowest BCUT2D eigenvalue weighted by Gasteiger charge is -2.26. The summed E-state index contributed by atoms with van der Waals surface area (Å²) in [7, 11) is 1.29. The maximum absolute atomic E-state index is 15.5. The predicted molar refractivity (Wildman–Crippen MR) is 136 cm³/mol. The van der Waals surface area contributed by atoms with E-state index in [0.717, 1.165) is 25.3 Å². The van der Waals surface area contributed by atoms with E-state index in [4.69, 9.17) is 9.47 Å². The summed E-state index contributed by atoms with van der Waals surface area (Å²) < 4.78 is 40.5. The van der Waals surface area contributed by atoms with Gasteiger partial charge in [-0.15, -0.1) is 0 Å². The number of amides is 1. The third-order valence-corrected chi connectivity index (χ3v) is 6.35. The molecular weight excluding hydrogens is 494 g/mol. The highest BCUT2D eigenvalue weighted by Gasteiger charge is 2.47. The van der Waals surface area contributed by atoms with E-state index in [1.807, 2.05) is 0 Å². The maximum atomic E-state index is 15.5. The minimum absolute atomic E-state index is 0.00491. The van der Waals surface area contributed by atoms with Crippen LogP contribution in [0.15, 0.2) is 66.5 Å². The first-order valence-corrected chi connectivity index (χ1v) is 12.3. The number of aromatic nitrogens is 1. The van der Waals surface area contributed by atoms with Gasteiger partial charge in [-0.2, -0.15) is 0 Å². The van der Waals surface area contributed by atoms with Crippen molar-refractivity contribution in [1.82, 2.24) is 9.88 Å². The molecule has 3 aromatic rings. The summed E-state index contributed by atoms with van der Waals surface area (Å²) in [5.41, 5.74) is 0.254. The number of likely N-dealkylation sites (tertiary alicyclic amines) is 1. The van der Waals surface area contributed by atoms with Gasteiger partial charge < -0.3 is 19.5 Å². The number of Topliss-reactive ketones (excluding diaryl/α,β-unsaturated/α-hetero) is 1. The smallest absolute Gasteiger partial charge is 0.295 e. The number of carbonyl (C=O) groups is 2. The van der Waals surface area contributed by atoms with Gasteiger partial charge in [-0.05, 0) is 54.4 Å². The number of ether oxygens (including phenoxy) is 2. The Balaban J connectivity index is 1.79. The molecule has 0 bridgehead atoms. The van der Waals surface area contributed by atoms with Crippen molar-refractivity contribution >= 4 is 17.4 Å². The Morgan fingerprint density at radius 2 is 1.79 bits per heavy atom. The van der Waals surface area contributed by atoms with Gasteiger partial charge in [0.25, 0.3) is 11.7 Å². The van der Waals surface area contributed by atoms with Crippen LogP contribution in [-0.4, -0.2) is 40.4 Å². The highest BCUT2D eigenvalue weighted by Crippen LogP contribution is 2.42. The molecular formula is C29H28F2N2O5. The number of pyridine rings is 1. The van der Waals surface area contributed by atoms with E-state index in [1.54, 1.807) is 18.2 Å². The van der Waals surface area contributed by atoms with E-state index in [1.165, 1.54) is 48.7 Å². The summed E-state index contributed by atoms with van der Waals surface area (Å²) >= 11 is 0. The van der Waals surface area contributed by atoms with E-state index < -0.39 is 35.1 Å². The Hall–Kier alpha value is -4.27. The van der Waals surface area contributed by atoms with Gasteiger partial charge in [0.05, 0.1) is 25.3 Å². The van der Waals surface area contributed by atoms with Gasteiger partial charge in [0.15, 0.2) is 11.6 Å². The normalized spacial score (nSPS) is 16.6. The molecule has 7 nitrogen and oxygen atoms in total. The lowest BCUT2D eigenvalue weighted by molar-refractivity contribution is -0.140. The summed E-state index contributed by atoms with van der Waals surface area (Å²) in [5, 5.41) is 11.1. The van der Waals surface area contributed by atoms with Crippen LogP contribution in [0.2, 0.25) is 0 Å². The average Bonchev–Trinajstić information content (AvgIpc) is 3.16. The standard InChI is InChI=1S/C29H28F2N2O5/c1-3-4-5-14-38-20-7-8-21(22(30)16-20)26-25(27(34)19-6-9-24(37-2)23(31)15-19)28(35)29(36)33(26)17-18-10-12-32-13-11-18/h6-13,15-16,26,34H,3-5,14,17H2,1-2H3/t26-/m0/s1. The van der Waals surface area contributed by atoms with Gasteiger partial charge in [-0.25, -0.2) is 8.78 Å². The molecule has 4 rings (SSSR count). The molecule has 1 saturated heterocycles. The van der Waals surface area contributed by atoms with Crippen LogP contribution in [-0.2, 0) is 16.1 Å². The molecule has 0 unspecified atom stereocenters. The zero-order valence-corrected chi connectivity index (χ0v) is 21.1. The monoisotopic (exact) mass is 522 g/mol. The molecule has 2 heterocycles. The molecule has 0 saturated carbocycles. The molecule has 1 N–H and O–H groups in total.